The Balaban J connectivity index is 1.61. The van der Waals surface area contributed by atoms with Gasteiger partial charge in [-0.05, 0) is 12.1 Å². The standard InChI is InChI=1S/C27H36ClF2N5O4SSi/c1-27(2,14-33-26(36)37)13-31-15-40-16-34-18-10-20(29)24(21(30)11-18)39-22-6-7-32-25-23(22)19(28)12-35(25)17-38-8-9-41(3,4)5/h6-7,10-12,15,33-34H,8-9,13-14,16-17H2,1-5H3,(H,36,37)/b31-15+. The van der Waals surface area contributed by atoms with Crippen molar-refractivity contribution in [2.75, 3.05) is 30.9 Å². The number of halogens is 3. The Morgan fingerprint density at radius 2 is 2.00 bits per heavy atom. The number of aliphatic imine (C=N–C) groups is 1. The third kappa shape index (κ3) is 10.2. The third-order valence-corrected chi connectivity index (χ3v) is 8.46. The molecule has 14 heteroatoms. The zero-order chi connectivity index (χ0) is 30.2. The molecule has 1 amide bonds. The summed E-state index contributed by atoms with van der Waals surface area (Å²) in [7, 11) is -1.23. The van der Waals surface area contributed by atoms with Crippen LogP contribution in [0.3, 0.4) is 0 Å². The van der Waals surface area contributed by atoms with Crippen LogP contribution in [-0.2, 0) is 11.5 Å². The number of thioether (sulfide) groups is 1. The summed E-state index contributed by atoms with van der Waals surface area (Å²) in [4.78, 5) is 19.3. The van der Waals surface area contributed by atoms with E-state index in [0.29, 0.717) is 35.1 Å². The number of anilines is 1. The fraction of sp³-hybridized carbons (Fsp3) is 0.444. The molecule has 3 aromatic rings. The predicted molar refractivity (Wildman–Crippen MR) is 165 cm³/mol. The van der Waals surface area contributed by atoms with Crippen molar-refractivity contribution >= 4 is 59.8 Å². The molecular weight excluding hydrogens is 592 g/mol. The lowest BCUT2D eigenvalue weighted by Crippen LogP contribution is -2.34. The summed E-state index contributed by atoms with van der Waals surface area (Å²) < 4.78 is 43.1. The number of nitrogens with zero attached hydrogens (tertiary/aromatic N) is 3. The minimum Gasteiger partial charge on any atom is -0.465 e. The average Bonchev–Trinajstić information content (AvgIpc) is 3.20. The van der Waals surface area contributed by atoms with Crippen LogP contribution >= 0.6 is 23.4 Å². The van der Waals surface area contributed by atoms with Gasteiger partial charge >= 0.3 is 6.09 Å². The van der Waals surface area contributed by atoms with Gasteiger partial charge in [0.25, 0.3) is 0 Å². The first-order valence-electron chi connectivity index (χ1n) is 12.9. The Bertz CT molecular complexity index is 1360. The SMILES string of the molecule is CC(C)(C/N=C/SCNc1cc(F)c(Oc2ccnc3c2c(Cl)cn3COCC[Si](C)(C)C)c(F)c1)CNC(=O)O. The zero-order valence-corrected chi connectivity index (χ0v) is 26.3. The minimum absolute atomic E-state index is 0.174. The lowest BCUT2D eigenvalue weighted by atomic mass is 9.94. The maximum Gasteiger partial charge on any atom is 0.404 e. The number of aromatic nitrogens is 2. The molecule has 0 aliphatic rings. The molecule has 9 nitrogen and oxygen atoms in total. The third-order valence-electron chi connectivity index (χ3n) is 5.86. The smallest absolute Gasteiger partial charge is 0.404 e. The second kappa shape index (κ2) is 14.3. The van der Waals surface area contributed by atoms with Crippen molar-refractivity contribution in [1.29, 1.82) is 0 Å². The van der Waals surface area contributed by atoms with E-state index in [9.17, 15) is 13.6 Å². The molecule has 41 heavy (non-hydrogen) atoms. The summed E-state index contributed by atoms with van der Waals surface area (Å²) in [5.74, 6) is -1.83. The molecule has 0 saturated carbocycles. The first kappa shape index (κ1) is 32.6. The van der Waals surface area contributed by atoms with Crippen LogP contribution in [0.5, 0.6) is 11.5 Å². The Kier molecular flexibility index (Phi) is 11.4. The van der Waals surface area contributed by atoms with Gasteiger partial charge in [-0.25, -0.2) is 18.6 Å². The van der Waals surface area contributed by atoms with Crippen LogP contribution < -0.4 is 15.4 Å². The number of carbonyl (C=O) groups is 1. The zero-order valence-electron chi connectivity index (χ0n) is 23.8. The van der Waals surface area contributed by atoms with Crippen LogP contribution in [-0.4, -0.2) is 59.9 Å². The molecular formula is C27H36ClF2N5O4SSi. The largest absolute Gasteiger partial charge is 0.465 e. The topological polar surface area (TPSA) is 110 Å². The van der Waals surface area contributed by atoms with E-state index in [4.69, 9.17) is 26.2 Å². The van der Waals surface area contributed by atoms with Crippen LogP contribution in [0.4, 0.5) is 19.3 Å². The molecule has 3 rings (SSSR count). The molecule has 0 saturated heterocycles. The monoisotopic (exact) mass is 627 g/mol. The van der Waals surface area contributed by atoms with Crippen LogP contribution in [0.2, 0.25) is 30.7 Å². The van der Waals surface area contributed by atoms with E-state index in [1.807, 2.05) is 13.8 Å². The number of amides is 1. The Morgan fingerprint density at radius 3 is 2.66 bits per heavy atom. The van der Waals surface area contributed by atoms with E-state index in [-0.39, 0.29) is 30.1 Å². The van der Waals surface area contributed by atoms with E-state index >= 15 is 0 Å². The predicted octanol–water partition coefficient (Wildman–Crippen LogP) is 7.50. The number of hydrogen-bond acceptors (Lipinski definition) is 7. The number of rotatable bonds is 15. The highest BCUT2D eigenvalue weighted by atomic mass is 35.5. The summed E-state index contributed by atoms with van der Waals surface area (Å²) in [6.07, 6.45) is 2.07. The van der Waals surface area contributed by atoms with Gasteiger partial charge in [0.2, 0.25) is 0 Å². The van der Waals surface area contributed by atoms with E-state index in [1.54, 1.807) is 16.3 Å². The average molecular weight is 628 g/mol. The number of hydrogen-bond donors (Lipinski definition) is 3. The lowest BCUT2D eigenvalue weighted by Gasteiger charge is -2.21. The molecule has 0 spiro atoms. The second-order valence-electron chi connectivity index (χ2n) is 11.4. The highest BCUT2D eigenvalue weighted by molar-refractivity contribution is 8.12. The fourth-order valence-electron chi connectivity index (χ4n) is 3.60. The molecule has 224 valence electrons. The van der Waals surface area contributed by atoms with Crippen molar-refractivity contribution < 1.29 is 28.2 Å². The fourth-order valence-corrected chi connectivity index (χ4v) is 5.16. The van der Waals surface area contributed by atoms with Gasteiger partial charge in [-0.1, -0.05) is 56.9 Å². The number of fused-ring (bicyclic) bond motifs is 1. The number of ether oxygens (including phenoxy) is 2. The van der Waals surface area contributed by atoms with Gasteiger partial charge < -0.3 is 29.8 Å². The van der Waals surface area contributed by atoms with Crippen molar-refractivity contribution in [3.05, 3.63) is 47.2 Å². The first-order valence-corrected chi connectivity index (χ1v) is 18.1. The van der Waals surface area contributed by atoms with Crippen LogP contribution in [0.1, 0.15) is 13.8 Å². The Hall–Kier alpha value is -2.87. The maximum absolute atomic E-state index is 14.9. The number of benzene rings is 1. The Labute approximate surface area is 248 Å². The molecule has 0 aliphatic heterocycles. The van der Waals surface area contributed by atoms with Gasteiger partial charge in [0.05, 0.1) is 21.8 Å². The van der Waals surface area contributed by atoms with Crippen molar-refractivity contribution in [1.82, 2.24) is 14.9 Å². The molecule has 3 N–H and O–H groups in total. The molecule has 0 bridgehead atoms. The van der Waals surface area contributed by atoms with Crippen molar-refractivity contribution in [2.45, 2.75) is 46.3 Å². The van der Waals surface area contributed by atoms with Gasteiger partial charge in [0, 0.05) is 63.4 Å². The van der Waals surface area contributed by atoms with Crippen molar-refractivity contribution in [3.63, 3.8) is 0 Å². The summed E-state index contributed by atoms with van der Waals surface area (Å²) in [5, 5.41) is 14.8. The van der Waals surface area contributed by atoms with E-state index < -0.39 is 31.6 Å². The molecule has 2 aromatic heterocycles. The van der Waals surface area contributed by atoms with Gasteiger partial charge in [0.15, 0.2) is 17.4 Å². The van der Waals surface area contributed by atoms with Gasteiger partial charge in [-0.15, -0.1) is 0 Å². The highest BCUT2D eigenvalue weighted by Crippen LogP contribution is 2.37. The second-order valence-corrected chi connectivity index (χ2v) is 18.3. The maximum atomic E-state index is 14.9. The summed E-state index contributed by atoms with van der Waals surface area (Å²) in [6, 6.07) is 4.82. The molecule has 0 aliphatic carbocycles. The Morgan fingerprint density at radius 1 is 1.29 bits per heavy atom. The summed E-state index contributed by atoms with van der Waals surface area (Å²) in [6.45, 7) is 12.2. The highest BCUT2D eigenvalue weighted by Gasteiger charge is 2.20. The molecule has 0 radical (unpaired) electrons. The van der Waals surface area contributed by atoms with Crippen LogP contribution in [0.15, 0.2) is 35.6 Å². The van der Waals surface area contributed by atoms with Crippen LogP contribution in [0, 0.1) is 17.0 Å². The van der Waals surface area contributed by atoms with Crippen molar-refractivity contribution in [3.8, 4) is 11.5 Å². The number of carboxylic acid groups (broad SMARTS) is 1. The molecule has 0 atom stereocenters. The molecule has 2 heterocycles. The quantitative estimate of drug-likeness (QED) is 0.0526. The van der Waals surface area contributed by atoms with Gasteiger partial charge in [-0.3, -0.25) is 4.99 Å². The minimum atomic E-state index is -1.23. The summed E-state index contributed by atoms with van der Waals surface area (Å²) in [5.41, 5.74) is 1.99. The van der Waals surface area contributed by atoms with Gasteiger partial charge in [0.1, 0.15) is 18.1 Å². The van der Waals surface area contributed by atoms with Crippen molar-refractivity contribution in [2.24, 2.45) is 10.4 Å². The van der Waals surface area contributed by atoms with E-state index in [0.717, 1.165) is 18.2 Å². The molecule has 0 fully saturated rings. The molecule has 1 aromatic carbocycles. The first-order chi connectivity index (χ1) is 19.3. The van der Waals surface area contributed by atoms with Gasteiger partial charge in [-0.2, -0.15) is 0 Å². The van der Waals surface area contributed by atoms with E-state index in [1.165, 1.54) is 24.0 Å². The number of pyridine rings is 1. The summed E-state index contributed by atoms with van der Waals surface area (Å²) >= 11 is 7.76. The normalized spacial score (nSPS) is 12.3. The van der Waals surface area contributed by atoms with Crippen LogP contribution in [0.25, 0.3) is 11.0 Å². The number of nitrogens with one attached hydrogen (secondary N) is 2. The lowest BCUT2D eigenvalue weighted by molar-refractivity contribution is 0.0899. The van der Waals surface area contributed by atoms with E-state index in [2.05, 4.69) is 40.3 Å². The molecule has 0 unspecified atom stereocenters.